The van der Waals surface area contributed by atoms with E-state index in [1.807, 2.05) is 84.9 Å². The van der Waals surface area contributed by atoms with Crippen molar-refractivity contribution < 1.29 is 4.74 Å². The normalized spacial score (nSPS) is 9.90. The SMILES string of the molecule is c1ccc(NNc2cccc(Oc3ccccc3)c2)cc1. The topological polar surface area (TPSA) is 33.3 Å². The van der Waals surface area contributed by atoms with Crippen LogP contribution >= 0.6 is 0 Å². The molecule has 3 aromatic carbocycles. The summed E-state index contributed by atoms with van der Waals surface area (Å²) in [5.41, 5.74) is 8.25. The van der Waals surface area contributed by atoms with E-state index >= 15 is 0 Å². The van der Waals surface area contributed by atoms with Crippen molar-refractivity contribution in [2.75, 3.05) is 10.9 Å². The van der Waals surface area contributed by atoms with Gasteiger partial charge in [0.2, 0.25) is 0 Å². The highest BCUT2D eigenvalue weighted by atomic mass is 16.5. The Morgan fingerprint density at radius 1 is 0.524 bits per heavy atom. The fourth-order valence-corrected chi connectivity index (χ4v) is 1.93. The van der Waals surface area contributed by atoms with E-state index in [2.05, 4.69) is 10.9 Å². The molecule has 3 rings (SSSR count). The minimum absolute atomic E-state index is 0.793. The van der Waals surface area contributed by atoms with Crippen molar-refractivity contribution in [1.29, 1.82) is 0 Å². The number of para-hydroxylation sites is 2. The Hall–Kier alpha value is -2.94. The van der Waals surface area contributed by atoms with Crippen molar-refractivity contribution in [3.05, 3.63) is 84.9 Å². The predicted octanol–water partition coefficient (Wildman–Crippen LogP) is 4.92. The first-order chi connectivity index (χ1) is 10.4. The van der Waals surface area contributed by atoms with E-state index in [0.717, 1.165) is 22.9 Å². The van der Waals surface area contributed by atoms with E-state index in [0.29, 0.717) is 0 Å². The summed E-state index contributed by atoms with van der Waals surface area (Å²) in [6.45, 7) is 0. The quantitative estimate of drug-likeness (QED) is 0.649. The molecule has 0 saturated heterocycles. The number of benzene rings is 3. The van der Waals surface area contributed by atoms with Crippen LogP contribution in [0.3, 0.4) is 0 Å². The average molecular weight is 276 g/mol. The van der Waals surface area contributed by atoms with Crippen LogP contribution in [0.4, 0.5) is 11.4 Å². The van der Waals surface area contributed by atoms with Gasteiger partial charge in [0, 0.05) is 6.07 Å². The van der Waals surface area contributed by atoms with Crippen molar-refractivity contribution in [2.45, 2.75) is 0 Å². The van der Waals surface area contributed by atoms with Gasteiger partial charge in [0.15, 0.2) is 0 Å². The van der Waals surface area contributed by atoms with Gasteiger partial charge in [-0.25, -0.2) is 0 Å². The highest BCUT2D eigenvalue weighted by molar-refractivity contribution is 5.54. The molecule has 21 heavy (non-hydrogen) atoms. The third-order valence-corrected chi connectivity index (χ3v) is 2.94. The maximum Gasteiger partial charge on any atom is 0.129 e. The highest BCUT2D eigenvalue weighted by Gasteiger charge is 1.98. The Kier molecular flexibility index (Phi) is 4.03. The van der Waals surface area contributed by atoms with Crippen LogP contribution in [-0.4, -0.2) is 0 Å². The number of hydrogen-bond donors (Lipinski definition) is 2. The third-order valence-electron chi connectivity index (χ3n) is 2.94. The standard InChI is InChI=1S/C18H16N2O/c1-3-8-15(9-4-1)19-20-16-10-7-13-18(14-16)21-17-11-5-2-6-12-17/h1-14,19-20H. The molecule has 3 aromatic rings. The fraction of sp³-hybridized carbons (Fsp3) is 0. The Labute approximate surface area is 124 Å². The van der Waals surface area contributed by atoms with Gasteiger partial charge in [0.25, 0.3) is 0 Å². The average Bonchev–Trinajstić information content (AvgIpc) is 2.55. The van der Waals surface area contributed by atoms with Crippen molar-refractivity contribution in [3.8, 4) is 11.5 Å². The van der Waals surface area contributed by atoms with Gasteiger partial charge >= 0.3 is 0 Å². The third kappa shape index (κ3) is 3.76. The monoisotopic (exact) mass is 276 g/mol. The Morgan fingerprint density at radius 3 is 1.86 bits per heavy atom. The molecule has 0 aliphatic rings. The maximum absolute atomic E-state index is 5.80. The van der Waals surface area contributed by atoms with Gasteiger partial charge in [0.1, 0.15) is 11.5 Å². The summed E-state index contributed by atoms with van der Waals surface area (Å²) in [5, 5.41) is 0. The number of rotatable bonds is 5. The van der Waals surface area contributed by atoms with Gasteiger partial charge in [-0.15, -0.1) is 0 Å². The summed E-state index contributed by atoms with van der Waals surface area (Å²) in [6, 6.07) is 27.5. The largest absolute Gasteiger partial charge is 0.457 e. The molecule has 0 amide bonds. The second kappa shape index (κ2) is 6.48. The first-order valence-electron chi connectivity index (χ1n) is 6.80. The number of hydrazine groups is 1. The van der Waals surface area contributed by atoms with Gasteiger partial charge in [-0.05, 0) is 36.4 Å². The van der Waals surface area contributed by atoms with E-state index in [4.69, 9.17) is 4.74 Å². The van der Waals surface area contributed by atoms with E-state index in [1.165, 1.54) is 0 Å². The van der Waals surface area contributed by atoms with Crippen molar-refractivity contribution >= 4 is 11.4 Å². The molecule has 0 bridgehead atoms. The van der Waals surface area contributed by atoms with Crippen molar-refractivity contribution in [1.82, 2.24) is 0 Å². The van der Waals surface area contributed by atoms with Crippen LogP contribution in [0, 0.1) is 0 Å². The van der Waals surface area contributed by atoms with E-state index in [1.54, 1.807) is 0 Å². The molecule has 0 aliphatic heterocycles. The molecule has 3 nitrogen and oxygen atoms in total. The van der Waals surface area contributed by atoms with Gasteiger partial charge in [0.05, 0.1) is 11.4 Å². The van der Waals surface area contributed by atoms with Crippen molar-refractivity contribution in [3.63, 3.8) is 0 Å². The molecule has 2 N–H and O–H groups in total. The molecule has 104 valence electrons. The lowest BCUT2D eigenvalue weighted by Gasteiger charge is -2.11. The fourth-order valence-electron chi connectivity index (χ4n) is 1.93. The molecule has 3 heteroatoms. The smallest absolute Gasteiger partial charge is 0.129 e. The lowest BCUT2D eigenvalue weighted by atomic mass is 10.3. The van der Waals surface area contributed by atoms with Gasteiger partial charge in [-0.2, -0.15) is 0 Å². The van der Waals surface area contributed by atoms with E-state index in [9.17, 15) is 0 Å². The van der Waals surface area contributed by atoms with Crippen LogP contribution in [0.5, 0.6) is 11.5 Å². The zero-order chi connectivity index (χ0) is 14.3. The number of nitrogens with one attached hydrogen (secondary N) is 2. The molecule has 0 fully saturated rings. The van der Waals surface area contributed by atoms with Gasteiger partial charge in [-0.1, -0.05) is 42.5 Å². The maximum atomic E-state index is 5.80. The van der Waals surface area contributed by atoms with E-state index in [-0.39, 0.29) is 0 Å². The second-order valence-electron chi connectivity index (χ2n) is 4.56. The highest BCUT2D eigenvalue weighted by Crippen LogP contribution is 2.23. The molecule has 0 aliphatic carbocycles. The Morgan fingerprint density at radius 2 is 1.10 bits per heavy atom. The Bertz CT molecular complexity index is 684. The van der Waals surface area contributed by atoms with Crippen LogP contribution in [0.1, 0.15) is 0 Å². The number of anilines is 2. The minimum atomic E-state index is 0.793. The van der Waals surface area contributed by atoms with Crippen LogP contribution in [0.2, 0.25) is 0 Å². The molecule has 0 spiro atoms. The van der Waals surface area contributed by atoms with Crippen LogP contribution in [-0.2, 0) is 0 Å². The summed E-state index contributed by atoms with van der Waals surface area (Å²) < 4.78 is 5.80. The zero-order valence-corrected chi connectivity index (χ0v) is 11.5. The molecule has 0 radical (unpaired) electrons. The van der Waals surface area contributed by atoms with Crippen LogP contribution in [0.25, 0.3) is 0 Å². The molecule has 0 atom stereocenters. The number of hydrogen-bond acceptors (Lipinski definition) is 3. The molecule has 0 aromatic heterocycles. The second-order valence-corrected chi connectivity index (χ2v) is 4.56. The van der Waals surface area contributed by atoms with Crippen LogP contribution < -0.4 is 15.6 Å². The zero-order valence-electron chi connectivity index (χ0n) is 11.5. The van der Waals surface area contributed by atoms with E-state index < -0.39 is 0 Å². The van der Waals surface area contributed by atoms with Crippen molar-refractivity contribution in [2.24, 2.45) is 0 Å². The summed E-state index contributed by atoms with van der Waals surface area (Å²) in [5.74, 6) is 1.62. The number of ether oxygens (including phenoxy) is 1. The summed E-state index contributed by atoms with van der Waals surface area (Å²) >= 11 is 0. The van der Waals surface area contributed by atoms with Gasteiger partial charge in [-0.3, -0.25) is 0 Å². The summed E-state index contributed by atoms with van der Waals surface area (Å²) in [6.07, 6.45) is 0. The summed E-state index contributed by atoms with van der Waals surface area (Å²) in [7, 11) is 0. The first kappa shape index (κ1) is 13.1. The van der Waals surface area contributed by atoms with Crippen LogP contribution in [0.15, 0.2) is 84.9 Å². The predicted molar refractivity (Wildman–Crippen MR) is 86.6 cm³/mol. The Balaban J connectivity index is 1.66. The lowest BCUT2D eigenvalue weighted by Crippen LogP contribution is -2.08. The van der Waals surface area contributed by atoms with Gasteiger partial charge < -0.3 is 15.6 Å². The lowest BCUT2D eigenvalue weighted by molar-refractivity contribution is 0.483. The molecule has 0 heterocycles. The first-order valence-corrected chi connectivity index (χ1v) is 6.80. The summed E-state index contributed by atoms with van der Waals surface area (Å²) in [4.78, 5) is 0. The molecular weight excluding hydrogens is 260 g/mol. The molecule has 0 saturated carbocycles. The molecule has 0 unspecified atom stereocenters. The minimum Gasteiger partial charge on any atom is -0.457 e. The molecular formula is C18H16N2O.